The highest BCUT2D eigenvalue weighted by atomic mass is 19.2. The predicted molar refractivity (Wildman–Crippen MR) is 411 cm³/mol. The fourth-order valence-corrected chi connectivity index (χ4v) is 16.2. The van der Waals surface area contributed by atoms with Crippen LogP contribution in [0.2, 0.25) is 0 Å². The largest absolute Gasteiger partial charge is 0.396 e. The Hall–Kier alpha value is -9.25. The quantitative estimate of drug-likeness (QED) is 0.0243. The van der Waals surface area contributed by atoms with Gasteiger partial charge in [-0.1, -0.05) is 109 Å². The summed E-state index contributed by atoms with van der Waals surface area (Å²) >= 11 is 0. The van der Waals surface area contributed by atoms with E-state index in [4.69, 9.17) is 33.5 Å². The lowest BCUT2D eigenvalue weighted by molar-refractivity contribution is -0.139. The Kier molecular flexibility index (Phi) is 31.5. The summed E-state index contributed by atoms with van der Waals surface area (Å²) in [7, 11) is 0. The van der Waals surface area contributed by atoms with E-state index >= 15 is 0 Å². The van der Waals surface area contributed by atoms with Crippen LogP contribution in [0.5, 0.6) is 0 Å². The Morgan fingerprint density at radius 1 is 0.345 bits per heavy atom. The number of carbonyl (C=O) groups is 1. The summed E-state index contributed by atoms with van der Waals surface area (Å²) in [4.78, 5) is 160. The van der Waals surface area contributed by atoms with Crippen molar-refractivity contribution in [2.45, 2.75) is 269 Å². The second kappa shape index (κ2) is 38.9. The van der Waals surface area contributed by atoms with Crippen LogP contribution in [0.1, 0.15) is 199 Å². The Morgan fingerprint density at radius 3 is 0.767 bits per heavy atom. The molecule has 12 heterocycles. The molecule has 0 spiro atoms. The third-order valence-corrected chi connectivity index (χ3v) is 24.3. The van der Waals surface area contributed by atoms with E-state index in [1.165, 1.54) is 55.4 Å². The number of carbonyl (C=O) groups excluding carboxylic acids is 1. The second-order valence-electron chi connectivity index (χ2n) is 29.9. The number of nitrogens with one attached hydrogen (secondary N) is 6. The third-order valence-electron chi connectivity index (χ3n) is 24.3. The van der Waals surface area contributed by atoms with E-state index in [0.29, 0.717) is 57.7 Å². The molecule has 644 valence electrons. The highest BCUT2D eigenvalue weighted by molar-refractivity contribution is 5.64. The number of alkyl halides is 6. The molecule has 33 nitrogen and oxygen atoms in total. The molecule has 0 aromatic carbocycles. The van der Waals surface area contributed by atoms with Gasteiger partial charge in [-0.3, -0.25) is 86.1 Å². The van der Waals surface area contributed by atoms with Crippen LogP contribution in [-0.4, -0.2) is 158 Å². The molecule has 0 bridgehead atoms. The maximum atomic E-state index is 14.6. The molecule has 12 rings (SSSR count). The molecular weight excluding hydrogens is 1540 g/mol. The molecule has 0 saturated carbocycles. The molecule has 116 heavy (non-hydrogen) atoms. The molecule has 6 aromatic rings. The number of hydrogen-bond acceptors (Lipinski definition) is 21. The molecule has 6 saturated heterocycles. The molecule has 0 unspecified atom stereocenters. The fourth-order valence-electron chi connectivity index (χ4n) is 16.2. The highest BCUT2D eigenvalue weighted by Crippen LogP contribution is 2.51. The predicted octanol–water partition coefficient (Wildman–Crippen LogP) is 6.10. The molecule has 23 atom stereocenters. The lowest BCUT2D eigenvalue weighted by Gasteiger charge is -2.31. The number of aromatic amines is 6. The van der Waals surface area contributed by atoms with Gasteiger partial charge in [0, 0.05) is 116 Å². The number of ether oxygens (including phenoxy) is 6. The zero-order chi connectivity index (χ0) is 86.7. The molecule has 39 heteroatoms. The van der Waals surface area contributed by atoms with Gasteiger partial charge in [-0.15, -0.1) is 6.58 Å². The molecule has 8 N–H and O–H groups in total. The van der Waals surface area contributed by atoms with Crippen LogP contribution < -0.4 is 67.5 Å². The van der Waals surface area contributed by atoms with Crippen LogP contribution in [0.4, 0.5) is 26.3 Å². The molecule has 0 amide bonds. The summed E-state index contributed by atoms with van der Waals surface area (Å²) in [5, 5.41) is 18.6. The van der Waals surface area contributed by atoms with E-state index in [9.17, 15) is 93.8 Å². The molecule has 6 aliphatic heterocycles. The van der Waals surface area contributed by atoms with Gasteiger partial charge in [0.2, 0.25) is 0 Å². The number of halogens is 6. The normalized spacial score (nSPS) is 33.3. The third kappa shape index (κ3) is 18.8. The minimum atomic E-state index is -1.51. The van der Waals surface area contributed by atoms with Crippen LogP contribution in [0.3, 0.4) is 0 Å². The minimum Gasteiger partial charge on any atom is -0.396 e. The van der Waals surface area contributed by atoms with Gasteiger partial charge >= 0.3 is 34.1 Å². The molecule has 0 radical (unpaired) electrons. The SMILES string of the molecule is C=C[C@]1(CC)O[C@@H](n2ccc(=O)[nH]c2=O)[C@H](F)[C@@H]1C.CCC1(CC)O[C@@H](n2ccc(=O)[nH]c2=O)[C@H](F)[C@@H]1C.CCC[C@]1(CC)O[C@@H](n2ccc(=O)[nH]c2=O)[C@H](F)[C@@H]1C.CC[C@@]1(C=O)O[C@@H](n2ccc(=O)[nH]c2=O)[C@H](F)[C@@H]1C.CC[C@@]1(CCO)O[C@@H](n2ccc(=O)[nH]c2=O)[C@H](F)[C@@H]1C.CC[C@@]1(CO)O[C@@H](n2ccc(=O)[nH]c2=O)[C@H](F)[C@@H]1C. The van der Waals surface area contributed by atoms with Gasteiger partial charge in [0.1, 0.15) is 5.60 Å². The van der Waals surface area contributed by atoms with Crippen LogP contribution in [-0.2, 0) is 33.2 Å². The van der Waals surface area contributed by atoms with Gasteiger partial charge in [0.15, 0.2) is 80.7 Å². The van der Waals surface area contributed by atoms with Crippen LogP contribution in [0, 0.1) is 35.5 Å². The summed E-state index contributed by atoms with van der Waals surface area (Å²) in [6, 6.07) is 6.96. The van der Waals surface area contributed by atoms with Gasteiger partial charge < -0.3 is 43.4 Å². The van der Waals surface area contributed by atoms with Gasteiger partial charge in [-0.25, -0.2) is 55.1 Å². The van der Waals surface area contributed by atoms with E-state index in [-0.39, 0.29) is 25.0 Å². The summed E-state index contributed by atoms with van der Waals surface area (Å²) < 4.78 is 127. The molecular formula is C77H108F6N12O21. The lowest BCUT2D eigenvalue weighted by atomic mass is 9.82. The van der Waals surface area contributed by atoms with Crippen LogP contribution in [0.25, 0.3) is 0 Å². The number of hydrogen-bond donors (Lipinski definition) is 8. The Balaban J connectivity index is 0.000000192. The van der Waals surface area contributed by atoms with Crippen molar-refractivity contribution < 1.29 is 69.8 Å². The average Bonchev–Trinajstić information content (AvgIpc) is 1.66. The molecule has 0 aliphatic carbocycles. The summed E-state index contributed by atoms with van der Waals surface area (Å²) in [6.07, 6.45) is 0.804. The number of aromatic nitrogens is 12. The maximum Gasteiger partial charge on any atom is 0.330 e. The Bertz CT molecular complexity index is 4780. The van der Waals surface area contributed by atoms with Gasteiger partial charge in [0.25, 0.3) is 33.4 Å². The van der Waals surface area contributed by atoms with Crippen molar-refractivity contribution in [2.24, 2.45) is 35.5 Å². The zero-order valence-corrected chi connectivity index (χ0v) is 67.3. The summed E-state index contributed by atoms with van der Waals surface area (Å²) in [5.74, 6) is -2.69. The number of H-pyrrole nitrogens is 6. The highest BCUT2D eigenvalue weighted by Gasteiger charge is 2.58. The van der Waals surface area contributed by atoms with E-state index in [1.54, 1.807) is 54.5 Å². The minimum absolute atomic E-state index is 0.113. The standard InChI is InChI=1S/C14H21FN2O3.C13H19FN2O4.C13H19FN2O3.C13H17FN2O3.C12H17FN2O4.C12H15FN2O4/c1-4-7-14(5-2)9(3)11(15)12(20-14)17-8-6-10(18)16-13(17)19;1-3-13(5-7-17)8(2)10(14)11(20-13)16-6-4-9(18)15-12(16)19;2*1-4-13(5-2)8(3)10(14)11(19-13)16-7-6-9(17)15-12(16)18;2*1-3-12(6-16)7(2)9(13)10(19-12)15-5-4-8(17)14-11(15)18/h6,8-9,11-12H,4-5,7H2,1-3H3,(H,16,18,19);4,6,8,10-11,17H,3,5,7H2,1-2H3,(H,15,18,19);6-8,10-11H,4-5H2,1-3H3,(H,15,17,18);4,6-8,10-11H,1,5H2,2-3H3,(H,15,17,18);4-5,7,9-10,16H,3,6H2,1-2H3,(H,14,17,18);4-7,9-10H,3H2,1-2H3,(H,14,17,18)/t9-,11+,12+,14-;8-,10+,11+,13-;8-,10+,11+;8-,10+,11+,13+;2*7-,9+,10+,12-/m000000/s1. The van der Waals surface area contributed by atoms with Gasteiger partial charge in [-0.2, -0.15) is 0 Å². The van der Waals surface area contributed by atoms with E-state index < -0.39 is 199 Å². The van der Waals surface area contributed by atoms with Crippen LogP contribution in [0.15, 0.2) is 144 Å². The molecule has 6 fully saturated rings. The molecule has 6 aromatic heterocycles. The zero-order valence-electron chi connectivity index (χ0n) is 67.3. The monoisotopic (exact) mass is 1650 g/mol. The van der Waals surface area contributed by atoms with Crippen molar-refractivity contribution in [3.05, 3.63) is 211 Å². The first-order valence-corrected chi connectivity index (χ1v) is 38.8. The van der Waals surface area contributed by atoms with E-state index in [1.807, 2.05) is 53.5 Å². The second-order valence-corrected chi connectivity index (χ2v) is 29.9. The fraction of sp³-hybridized carbons (Fsp3) is 0.649. The first-order chi connectivity index (χ1) is 54.7. The smallest absolute Gasteiger partial charge is 0.330 e. The summed E-state index contributed by atoms with van der Waals surface area (Å²) in [6.45, 7) is 28.7. The van der Waals surface area contributed by atoms with E-state index in [0.717, 1.165) is 58.4 Å². The number of aliphatic hydroxyl groups is 2. The number of rotatable bonds is 20. The number of aliphatic hydroxyl groups excluding tert-OH is 2. The Morgan fingerprint density at radius 2 is 0.569 bits per heavy atom. The first-order valence-electron chi connectivity index (χ1n) is 38.8. The van der Waals surface area contributed by atoms with Crippen molar-refractivity contribution in [1.29, 1.82) is 0 Å². The maximum absolute atomic E-state index is 14.6. The lowest BCUT2D eigenvalue weighted by Crippen LogP contribution is -2.39. The average molecular weight is 1650 g/mol. The number of nitrogens with zero attached hydrogens (tertiary/aromatic N) is 6. The van der Waals surface area contributed by atoms with Crippen molar-refractivity contribution in [3.63, 3.8) is 0 Å². The van der Waals surface area contributed by atoms with Crippen LogP contribution >= 0.6 is 0 Å². The molecule has 6 aliphatic rings. The van der Waals surface area contributed by atoms with Crippen molar-refractivity contribution in [3.8, 4) is 0 Å². The van der Waals surface area contributed by atoms with Crippen molar-refractivity contribution in [2.75, 3.05) is 13.2 Å². The topological polar surface area (TPSA) is 442 Å². The van der Waals surface area contributed by atoms with Crippen molar-refractivity contribution >= 4 is 6.29 Å². The number of aldehydes is 1. The first kappa shape index (κ1) is 93.9. The van der Waals surface area contributed by atoms with Gasteiger partial charge in [-0.05, 0) is 57.8 Å². The Labute approximate surface area is 660 Å². The van der Waals surface area contributed by atoms with E-state index in [2.05, 4.69) is 31.5 Å². The summed E-state index contributed by atoms with van der Waals surface area (Å²) in [5.41, 5.74) is -12.2. The van der Waals surface area contributed by atoms with Gasteiger partial charge in [0.05, 0.1) is 34.6 Å². The van der Waals surface area contributed by atoms with Crippen molar-refractivity contribution in [1.82, 2.24) is 57.3 Å².